The molecule has 1 unspecified atom stereocenters. The molecule has 0 saturated carbocycles. The van der Waals surface area contributed by atoms with Crippen LogP contribution < -0.4 is 5.73 Å². The maximum absolute atomic E-state index is 11.7. The van der Waals surface area contributed by atoms with Crippen LogP contribution in [-0.2, 0) is 6.54 Å². The lowest BCUT2D eigenvalue weighted by Gasteiger charge is -2.04. The minimum absolute atomic E-state index is 0.125. The first-order chi connectivity index (χ1) is 7.17. The first-order valence-electron chi connectivity index (χ1n) is 5.42. The van der Waals surface area contributed by atoms with Crippen LogP contribution in [0.15, 0.2) is 12.5 Å². The molecular formula is C11H19N3O. The molecule has 1 aromatic rings. The smallest absolute Gasteiger partial charge is 0.183 e. The van der Waals surface area contributed by atoms with Crippen molar-refractivity contribution in [1.29, 1.82) is 0 Å². The van der Waals surface area contributed by atoms with Gasteiger partial charge in [-0.1, -0.05) is 20.3 Å². The maximum Gasteiger partial charge on any atom is 0.183 e. The molecule has 1 heterocycles. The van der Waals surface area contributed by atoms with Gasteiger partial charge in [0.2, 0.25) is 0 Å². The highest BCUT2D eigenvalue weighted by atomic mass is 16.1. The number of hydrogen-bond donors (Lipinski definition) is 1. The molecule has 0 amide bonds. The van der Waals surface area contributed by atoms with E-state index in [1.54, 1.807) is 12.5 Å². The van der Waals surface area contributed by atoms with Crippen LogP contribution in [0.1, 0.15) is 37.2 Å². The van der Waals surface area contributed by atoms with Crippen molar-refractivity contribution in [3.8, 4) is 0 Å². The summed E-state index contributed by atoms with van der Waals surface area (Å²) >= 11 is 0. The minimum Gasteiger partial charge on any atom is -0.335 e. The third-order valence-corrected chi connectivity index (χ3v) is 2.54. The third-order valence-electron chi connectivity index (χ3n) is 2.54. The zero-order valence-corrected chi connectivity index (χ0v) is 9.44. The zero-order valence-electron chi connectivity index (χ0n) is 9.44. The van der Waals surface area contributed by atoms with E-state index in [2.05, 4.69) is 18.8 Å². The van der Waals surface area contributed by atoms with Gasteiger partial charge in [-0.05, 0) is 5.92 Å². The van der Waals surface area contributed by atoms with Crippen LogP contribution in [0.5, 0.6) is 0 Å². The van der Waals surface area contributed by atoms with Gasteiger partial charge in [0, 0.05) is 25.7 Å². The monoisotopic (exact) mass is 209 g/mol. The van der Waals surface area contributed by atoms with E-state index in [0.29, 0.717) is 31.1 Å². The topological polar surface area (TPSA) is 60.9 Å². The Kier molecular flexibility index (Phi) is 4.49. The summed E-state index contributed by atoms with van der Waals surface area (Å²) in [6.07, 6.45) is 5.04. The fourth-order valence-electron chi connectivity index (χ4n) is 1.34. The fourth-order valence-corrected chi connectivity index (χ4v) is 1.34. The van der Waals surface area contributed by atoms with Crippen LogP contribution in [0.3, 0.4) is 0 Å². The van der Waals surface area contributed by atoms with E-state index in [4.69, 9.17) is 5.73 Å². The van der Waals surface area contributed by atoms with Gasteiger partial charge in [0.25, 0.3) is 0 Å². The van der Waals surface area contributed by atoms with E-state index in [1.165, 1.54) is 0 Å². The molecule has 0 saturated heterocycles. The van der Waals surface area contributed by atoms with Crippen molar-refractivity contribution in [3.63, 3.8) is 0 Å². The van der Waals surface area contributed by atoms with E-state index in [1.807, 2.05) is 4.57 Å². The quantitative estimate of drug-likeness (QED) is 0.721. The van der Waals surface area contributed by atoms with Crippen molar-refractivity contribution >= 4 is 5.78 Å². The van der Waals surface area contributed by atoms with Gasteiger partial charge in [0.05, 0.1) is 6.33 Å². The van der Waals surface area contributed by atoms with E-state index >= 15 is 0 Å². The standard InChI is InChI=1S/C11H19N3O/c1-3-9(2)6-11(15)10-7-14(5-4-12)8-13-10/h7-9H,3-6,12H2,1-2H3. The molecule has 1 rings (SSSR count). The van der Waals surface area contributed by atoms with Gasteiger partial charge < -0.3 is 10.3 Å². The molecule has 0 fully saturated rings. The Labute approximate surface area is 90.5 Å². The number of aromatic nitrogens is 2. The van der Waals surface area contributed by atoms with Gasteiger partial charge in [-0.2, -0.15) is 0 Å². The summed E-state index contributed by atoms with van der Waals surface area (Å²) in [5.41, 5.74) is 5.97. The van der Waals surface area contributed by atoms with Crippen LogP contribution in [0.2, 0.25) is 0 Å². The van der Waals surface area contributed by atoms with Gasteiger partial charge >= 0.3 is 0 Å². The van der Waals surface area contributed by atoms with E-state index < -0.39 is 0 Å². The van der Waals surface area contributed by atoms with Gasteiger partial charge in [-0.25, -0.2) is 4.98 Å². The molecule has 0 aliphatic carbocycles. The first-order valence-corrected chi connectivity index (χ1v) is 5.42. The van der Waals surface area contributed by atoms with Gasteiger partial charge in [0.15, 0.2) is 5.78 Å². The Balaban J connectivity index is 2.58. The molecule has 4 nitrogen and oxygen atoms in total. The molecule has 4 heteroatoms. The van der Waals surface area contributed by atoms with Crippen LogP contribution in [0.25, 0.3) is 0 Å². The van der Waals surface area contributed by atoms with Crippen molar-refractivity contribution < 1.29 is 4.79 Å². The van der Waals surface area contributed by atoms with Gasteiger partial charge in [-0.15, -0.1) is 0 Å². The largest absolute Gasteiger partial charge is 0.335 e. The number of ketones is 1. The molecule has 15 heavy (non-hydrogen) atoms. The molecule has 0 bridgehead atoms. The average Bonchev–Trinajstić information content (AvgIpc) is 2.67. The number of nitrogens with zero attached hydrogens (tertiary/aromatic N) is 2. The molecular weight excluding hydrogens is 190 g/mol. The second-order valence-corrected chi connectivity index (χ2v) is 3.93. The molecule has 0 radical (unpaired) electrons. The van der Waals surface area contributed by atoms with Crippen molar-refractivity contribution in [2.24, 2.45) is 11.7 Å². The second-order valence-electron chi connectivity index (χ2n) is 3.93. The molecule has 0 aliphatic heterocycles. The lowest BCUT2D eigenvalue weighted by molar-refractivity contribution is 0.0959. The maximum atomic E-state index is 11.7. The molecule has 2 N–H and O–H groups in total. The number of nitrogens with two attached hydrogens (primary N) is 1. The van der Waals surface area contributed by atoms with Gasteiger partial charge in [-0.3, -0.25) is 4.79 Å². The number of carbonyl (C=O) groups excluding carboxylic acids is 1. The number of Topliss-reactive ketones (excluding diaryl/α,β-unsaturated/α-hetero) is 1. The van der Waals surface area contributed by atoms with Crippen molar-refractivity contribution in [1.82, 2.24) is 9.55 Å². The fraction of sp³-hybridized carbons (Fsp3) is 0.636. The molecule has 84 valence electrons. The summed E-state index contributed by atoms with van der Waals surface area (Å²) in [5, 5.41) is 0. The van der Waals surface area contributed by atoms with E-state index in [0.717, 1.165) is 6.42 Å². The molecule has 1 atom stereocenters. The zero-order chi connectivity index (χ0) is 11.3. The molecule has 0 spiro atoms. The molecule has 1 aromatic heterocycles. The average molecular weight is 209 g/mol. The second kappa shape index (κ2) is 5.66. The summed E-state index contributed by atoms with van der Waals surface area (Å²) in [6, 6.07) is 0. The SMILES string of the molecule is CCC(C)CC(=O)c1cn(CCN)cn1. The van der Waals surface area contributed by atoms with Crippen molar-refractivity contribution in [2.45, 2.75) is 33.2 Å². The Bertz CT molecular complexity index is 319. The van der Waals surface area contributed by atoms with Gasteiger partial charge in [0.1, 0.15) is 5.69 Å². The number of carbonyl (C=O) groups is 1. The lowest BCUT2D eigenvalue weighted by atomic mass is 10.0. The summed E-state index contributed by atoms with van der Waals surface area (Å²) in [4.78, 5) is 15.8. The highest BCUT2D eigenvalue weighted by molar-refractivity contribution is 5.94. The van der Waals surface area contributed by atoms with E-state index in [-0.39, 0.29) is 5.78 Å². The summed E-state index contributed by atoms with van der Waals surface area (Å²) in [5.74, 6) is 0.553. The highest BCUT2D eigenvalue weighted by Crippen LogP contribution is 2.11. The van der Waals surface area contributed by atoms with Crippen molar-refractivity contribution in [3.05, 3.63) is 18.2 Å². The Morgan fingerprint density at radius 3 is 3.00 bits per heavy atom. The third kappa shape index (κ3) is 3.47. The lowest BCUT2D eigenvalue weighted by Crippen LogP contribution is -2.08. The van der Waals surface area contributed by atoms with Crippen LogP contribution in [-0.4, -0.2) is 21.9 Å². The Hall–Kier alpha value is -1.16. The highest BCUT2D eigenvalue weighted by Gasteiger charge is 2.12. The molecule has 0 aromatic carbocycles. The van der Waals surface area contributed by atoms with Crippen molar-refractivity contribution in [2.75, 3.05) is 6.54 Å². The van der Waals surface area contributed by atoms with Crippen LogP contribution in [0, 0.1) is 5.92 Å². The first kappa shape index (κ1) is 11.9. The molecule has 0 aliphatic rings. The normalized spacial score (nSPS) is 12.7. The van der Waals surface area contributed by atoms with E-state index in [9.17, 15) is 4.79 Å². The number of rotatable bonds is 6. The van der Waals surface area contributed by atoms with Crippen LogP contribution >= 0.6 is 0 Å². The summed E-state index contributed by atoms with van der Waals surface area (Å²) in [6.45, 7) is 5.44. The predicted octanol–water partition coefficient (Wildman–Crippen LogP) is 1.46. The number of imidazole rings is 1. The number of hydrogen-bond acceptors (Lipinski definition) is 3. The Morgan fingerprint density at radius 1 is 1.67 bits per heavy atom. The minimum atomic E-state index is 0.125. The summed E-state index contributed by atoms with van der Waals surface area (Å²) < 4.78 is 1.85. The Morgan fingerprint density at radius 2 is 2.40 bits per heavy atom. The van der Waals surface area contributed by atoms with Crippen LogP contribution in [0.4, 0.5) is 0 Å². The predicted molar refractivity (Wildman–Crippen MR) is 59.7 cm³/mol. The summed E-state index contributed by atoms with van der Waals surface area (Å²) in [7, 11) is 0.